The highest BCUT2D eigenvalue weighted by atomic mass is 35.5. The van der Waals surface area contributed by atoms with Gasteiger partial charge in [-0.25, -0.2) is 0 Å². The van der Waals surface area contributed by atoms with E-state index in [0.29, 0.717) is 13.2 Å². The Labute approximate surface area is 133 Å². The monoisotopic (exact) mass is 312 g/mol. The average Bonchev–Trinajstić information content (AvgIpc) is 2.49. The number of ether oxygens (including phenoxy) is 1. The van der Waals surface area contributed by atoms with Crippen LogP contribution in [0.4, 0.5) is 0 Å². The summed E-state index contributed by atoms with van der Waals surface area (Å²) in [5.41, 5.74) is 1.22. The van der Waals surface area contributed by atoms with Crippen molar-refractivity contribution in [3.05, 3.63) is 29.8 Å². The Morgan fingerprint density at radius 2 is 2.05 bits per heavy atom. The summed E-state index contributed by atoms with van der Waals surface area (Å²) in [5.74, 6) is 1.03. The molecule has 1 atom stereocenters. The molecule has 1 N–H and O–H groups in total. The van der Waals surface area contributed by atoms with Crippen LogP contribution in [-0.4, -0.2) is 43.6 Å². The normalized spacial score (nSPS) is 17.7. The molecule has 1 unspecified atom stereocenters. The maximum atomic E-state index is 12.2. The zero-order valence-electron chi connectivity index (χ0n) is 12.8. The van der Waals surface area contributed by atoms with E-state index in [1.807, 2.05) is 38.2 Å². The zero-order chi connectivity index (χ0) is 14.4. The SMILES string of the molecule is Cc1ccc(OCCN(C)C(=O)C2CCCCN2)cc1.Cl. The number of amides is 1. The molecule has 21 heavy (non-hydrogen) atoms. The number of hydrogen-bond acceptors (Lipinski definition) is 3. The first-order valence-electron chi connectivity index (χ1n) is 7.34. The summed E-state index contributed by atoms with van der Waals surface area (Å²) in [6.45, 7) is 4.14. The summed E-state index contributed by atoms with van der Waals surface area (Å²) >= 11 is 0. The number of piperidine rings is 1. The molecule has 0 radical (unpaired) electrons. The molecule has 1 aliphatic rings. The van der Waals surface area contributed by atoms with Gasteiger partial charge >= 0.3 is 0 Å². The number of carbonyl (C=O) groups excluding carboxylic acids is 1. The van der Waals surface area contributed by atoms with E-state index in [4.69, 9.17) is 4.74 Å². The van der Waals surface area contributed by atoms with Gasteiger partial charge in [-0.1, -0.05) is 24.1 Å². The molecular weight excluding hydrogens is 288 g/mol. The lowest BCUT2D eigenvalue weighted by Crippen LogP contribution is -2.48. The van der Waals surface area contributed by atoms with Gasteiger partial charge in [0.2, 0.25) is 5.91 Å². The number of aryl methyl sites for hydroxylation is 1. The summed E-state index contributed by atoms with van der Waals surface area (Å²) in [6.07, 6.45) is 3.25. The number of hydrogen-bond donors (Lipinski definition) is 1. The smallest absolute Gasteiger partial charge is 0.239 e. The number of benzene rings is 1. The van der Waals surface area contributed by atoms with Gasteiger partial charge in [0.15, 0.2) is 0 Å². The van der Waals surface area contributed by atoms with Crippen LogP contribution in [0.2, 0.25) is 0 Å². The highest BCUT2D eigenvalue weighted by Crippen LogP contribution is 2.12. The summed E-state index contributed by atoms with van der Waals surface area (Å²) in [5, 5.41) is 3.28. The van der Waals surface area contributed by atoms with Gasteiger partial charge in [-0.2, -0.15) is 0 Å². The van der Waals surface area contributed by atoms with Gasteiger partial charge in [0.05, 0.1) is 12.6 Å². The molecule has 1 aliphatic heterocycles. The van der Waals surface area contributed by atoms with Crippen molar-refractivity contribution in [1.29, 1.82) is 0 Å². The Morgan fingerprint density at radius 1 is 1.33 bits per heavy atom. The fourth-order valence-corrected chi connectivity index (χ4v) is 2.37. The van der Waals surface area contributed by atoms with Crippen molar-refractivity contribution in [2.24, 2.45) is 0 Å². The number of nitrogens with one attached hydrogen (secondary N) is 1. The van der Waals surface area contributed by atoms with Crippen LogP contribution in [-0.2, 0) is 4.79 Å². The fraction of sp³-hybridized carbons (Fsp3) is 0.562. The van der Waals surface area contributed by atoms with Crippen molar-refractivity contribution < 1.29 is 9.53 Å². The predicted molar refractivity (Wildman–Crippen MR) is 87.2 cm³/mol. The van der Waals surface area contributed by atoms with Gasteiger partial charge in [0.1, 0.15) is 12.4 Å². The third-order valence-corrected chi connectivity index (χ3v) is 3.70. The Kier molecular flexibility index (Phi) is 7.54. The second-order valence-corrected chi connectivity index (χ2v) is 5.42. The van der Waals surface area contributed by atoms with Crippen LogP contribution in [0.15, 0.2) is 24.3 Å². The third-order valence-electron chi connectivity index (χ3n) is 3.70. The lowest BCUT2D eigenvalue weighted by atomic mass is 10.0. The minimum Gasteiger partial charge on any atom is -0.492 e. The van der Waals surface area contributed by atoms with E-state index in [1.165, 1.54) is 12.0 Å². The molecule has 1 aromatic rings. The van der Waals surface area contributed by atoms with Crippen LogP contribution in [0.1, 0.15) is 24.8 Å². The van der Waals surface area contributed by atoms with Gasteiger partial charge in [-0.3, -0.25) is 4.79 Å². The second kappa shape index (κ2) is 8.90. The van der Waals surface area contributed by atoms with Gasteiger partial charge < -0.3 is 15.0 Å². The van der Waals surface area contributed by atoms with Crippen molar-refractivity contribution in [2.75, 3.05) is 26.7 Å². The maximum Gasteiger partial charge on any atom is 0.239 e. The predicted octanol–water partition coefficient (Wildman–Crippen LogP) is 2.40. The largest absolute Gasteiger partial charge is 0.492 e. The third kappa shape index (κ3) is 5.56. The first-order valence-corrected chi connectivity index (χ1v) is 7.34. The minimum absolute atomic E-state index is 0. The highest BCUT2D eigenvalue weighted by molar-refractivity contribution is 5.85. The van der Waals surface area contributed by atoms with Crippen LogP contribution in [0.5, 0.6) is 5.75 Å². The molecule has 0 aromatic heterocycles. The van der Waals surface area contributed by atoms with Crippen molar-refractivity contribution in [2.45, 2.75) is 32.2 Å². The molecule has 0 saturated carbocycles. The summed E-state index contributed by atoms with van der Waals surface area (Å²) in [7, 11) is 1.84. The lowest BCUT2D eigenvalue weighted by Gasteiger charge is -2.27. The lowest BCUT2D eigenvalue weighted by molar-refractivity contribution is -0.133. The first-order chi connectivity index (χ1) is 9.66. The fourth-order valence-electron chi connectivity index (χ4n) is 2.37. The van der Waals surface area contributed by atoms with Crippen LogP contribution in [0, 0.1) is 6.92 Å². The van der Waals surface area contributed by atoms with Crippen molar-refractivity contribution in [1.82, 2.24) is 10.2 Å². The van der Waals surface area contributed by atoms with Gasteiger partial charge in [0, 0.05) is 7.05 Å². The van der Waals surface area contributed by atoms with E-state index in [0.717, 1.165) is 25.1 Å². The minimum atomic E-state index is -0.00637. The zero-order valence-corrected chi connectivity index (χ0v) is 13.6. The molecule has 4 nitrogen and oxygen atoms in total. The Balaban J connectivity index is 0.00000220. The molecule has 0 bridgehead atoms. The molecular formula is C16H25ClN2O2. The van der Waals surface area contributed by atoms with Crippen LogP contribution in [0.25, 0.3) is 0 Å². The molecule has 1 fully saturated rings. The number of halogens is 1. The Hall–Kier alpha value is -1.26. The van der Waals surface area contributed by atoms with E-state index in [1.54, 1.807) is 4.90 Å². The summed E-state index contributed by atoms with van der Waals surface area (Å²) in [4.78, 5) is 14.0. The molecule has 1 saturated heterocycles. The van der Waals surface area contributed by atoms with E-state index in [2.05, 4.69) is 5.32 Å². The van der Waals surface area contributed by atoms with Crippen LogP contribution < -0.4 is 10.1 Å². The Bertz CT molecular complexity index is 430. The molecule has 1 aromatic carbocycles. The average molecular weight is 313 g/mol. The van der Waals surface area contributed by atoms with Gasteiger partial charge in [-0.05, 0) is 38.4 Å². The second-order valence-electron chi connectivity index (χ2n) is 5.42. The van der Waals surface area contributed by atoms with Crippen molar-refractivity contribution >= 4 is 18.3 Å². The molecule has 1 heterocycles. The van der Waals surface area contributed by atoms with Gasteiger partial charge in [-0.15, -0.1) is 12.4 Å². The first kappa shape index (κ1) is 17.8. The molecule has 0 aliphatic carbocycles. The van der Waals surface area contributed by atoms with Gasteiger partial charge in [0.25, 0.3) is 0 Å². The number of rotatable bonds is 5. The quantitative estimate of drug-likeness (QED) is 0.908. The van der Waals surface area contributed by atoms with E-state index in [9.17, 15) is 4.79 Å². The molecule has 0 spiro atoms. The van der Waals surface area contributed by atoms with Crippen LogP contribution >= 0.6 is 12.4 Å². The summed E-state index contributed by atoms with van der Waals surface area (Å²) < 4.78 is 5.65. The topological polar surface area (TPSA) is 41.6 Å². The van der Waals surface area contributed by atoms with E-state index < -0.39 is 0 Å². The highest BCUT2D eigenvalue weighted by Gasteiger charge is 2.23. The van der Waals surface area contributed by atoms with E-state index in [-0.39, 0.29) is 24.4 Å². The standard InChI is InChI=1S/C16H24N2O2.ClH/c1-13-6-8-14(9-7-13)20-12-11-18(2)16(19)15-5-3-4-10-17-15;/h6-9,15,17H,3-5,10-12H2,1-2H3;1H. The summed E-state index contributed by atoms with van der Waals surface area (Å²) in [6, 6.07) is 7.96. The maximum absolute atomic E-state index is 12.2. The number of nitrogens with zero attached hydrogens (tertiary/aromatic N) is 1. The van der Waals surface area contributed by atoms with Crippen molar-refractivity contribution in [3.8, 4) is 5.75 Å². The number of likely N-dealkylation sites (N-methyl/N-ethyl adjacent to an activating group) is 1. The van der Waals surface area contributed by atoms with Crippen molar-refractivity contribution in [3.63, 3.8) is 0 Å². The molecule has 2 rings (SSSR count). The molecule has 1 amide bonds. The van der Waals surface area contributed by atoms with E-state index >= 15 is 0 Å². The molecule has 118 valence electrons. The van der Waals surface area contributed by atoms with Crippen LogP contribution in [0.3, 0.4) is 0 Å². The number of carbonyl (C=O) groups is 1. The Morgan fingerprint density at radius 3 is 2.67 bits per heavy atom. The molecule has 5 heteroatoms.